The Morgan fingerprint density at radius 1 is 1.11 bits per heavy atom. The van der Waals surface area contributed by atoms with Gasteiger partial charge in [0.05, 0.1) is 6.26 Å². The summed E-state index contributed by atoms with van der Waals surface area (Å²) >= 11 is 0. The van der Waals surface area contributed by atoms with Crippen molar-refractivity contribution in [2.45, 2.75) is 37.6 Å². The van der Waals surface area contributed by atoms with E-state index >= 15 is 0 Å². The molecule has 5 nitrogen and oxygen atoms in total. The number of anilines is 1. The van der Waals surface area contributed by atoms with Gasteiger partial charge in [-0.3, -0.25) is 9.52 Å². The molecule has 2 saturated carbocycles. The zero-order valence-electron chi connectivity index (χ0n) is 16.0. The molecule has 2 aromatic carbocycles. The Hall–Kier alpha value is -2.18. The number of rotatable bonds is 9. The quantitative estimate of drug-likeness (QED) is 0.635. The number of benzene rings is 2. The zero-order valence-corrected chi connectivity index (χ0v) is 16.8. The van der Waals surface area contributed by atoms with E-state index in [1.165, 1.54) is 24.8 Å². The molecule has 0 bridgehead atoms. The van der Waals surface area contributed by atoms with Gasteiger partial charge in [-0.2, -0.15) is 0 Å². The van der Waals surface area contributed by atoms with E-state index < -0.39 is 10.0 Å². The SMILES string of the molecule is CS(=O)(=O)Nc1cccc(C(=O)Cc2ccc(C3CC3NCC3CC3)cc2)c1. The number of sulfonamides is 1. The number of Topliss-reactive ketones (excluding diaryl/α,β-unsaturated/α-hetero) is 1. The normalized spacial score (nSPS) is 21.3. The fourth-order valence-corrected chi connectivity index (χ4v) is 4.12. The largest absolute Gasteiger partial charge is 0.313 e. The van der Waals surface area contributed by atoms with Crippen LogP contribution in [0.4, 0.5) is 5.69 Å². The Balaban J connectivity index is 1.34. The number of nitrogens with one attached hydrogen (secondary N) is 2. The summed E-state index contributed by atoms with van der Waals surface area (Å²) in [4.78, 5) is 12.6. The molecule has 0 spiro atoms. The monoisotopic (exact) mass is 398 g/mol. The van der Waals surface area contributed by atoms with Crippen LogP contribution in [0.25, 0.3) is 0 Å². The standard InChI is InChI=1S/C22H26N2O3S/c1-28(26,27)24-19-4-2-3-18(12-19)22(25)11-15-7-9-17(10-8-15)20-13-21(20)23-14-16-5-6-16/h2-4,7-10,12,16,20-21,23-24H,5-6,11,13-14H2,1H3. The van der Waals surface area contributed by atoms with Crippen LogP contribution in [-0.2, 0) is 16.4 Å². The van der Waals surface area contributed by atoms with Crippen molar-refractivity contribution in [3.8, 4) is 0 Å². The van der Waals surface area contributed by atoms with Crippen molar-refractivity contribution in [1.82, 2.24) is 5.32 Å². The highest BCUT2D eigenvalue weighted by molar-refractivity contribution is 7.92. The first-order valence-corrected chi connectivity index (χ1v) is 11.7. The minimum absolute atomic E-state index is 0.0275. The summed E-state index contributed by atoms with van der Waals surface area (Å²) in [5.41, 5.74) is 3.22. The summed E-state index contributed by atoms with van der Waals surface area (Å²) in [5.74, 6) is 1.48. The van der Waals surface area contributed by atoms with Crippen LogP contribution in [0, 0.1) is 5.92 Å². The number of ketones is 1. The second-order valence-electron chi connectivity index (χ2n) is 8.10. The summed E-state index contributed by atoms with van der Waals surface area (Å²) in [7, 11) is -3.36. The minimum Gasteiger partial charge on any atom is -0.313 e. The lowest BCUT2D eigenvalue weighted by molar-refractivity contribution is 0.0993. The van der Waals surface area contributed by atoms with Crippen molar-refractivity contribution in [2.24, 2.45) is 5.92 Å². The van der Waals surface area contributed by atoms with Crippen LogP contribution in [-0.4, -0.2) is 33.0 Å². The van der Waals surface area contributed by atoms with Gasteiger partial charge in [0, 0.05) is 29.6 Å². The van der Waals surface area contributed by atoms with E-state index in [2.05, 4.69) is 22.2 Å². The average molecular weight is 399 g/mol. The average Bonchev–Trinajstić information content (AvgIpc) is 3.54. The predicted molar refractivity (Wildman–Crippen MR) is 111 cm³/mol. The Morgan fingerprint density at radius 2 is 1.86 bits per heavy atom. The fraction of sp³-hybridized carbons (Fsp3) is 0.409. The lowest BCUT2D eigenvalue weighted by atomic mass is 10.0. The van der Waals surface area contributed by atoms with E-state index in [1.54, 1.807) is 24.3 Å². The Morgan fingerprint density at radius 3 is 2.54 bits per heavy atom. The molecule has 2 fully saturated rings. The van der Waals surface area contributed by atoms with E-state index in [0.29, 0.717) is 29.6 Å². The third kappa shape index (κ3) is 5.20. The van der Waals surface area contributed by atoms with Gasteiger partial charge in [-0.25, -0.2) is 8.42 Å². The maximum atomic E-state index is 12.6. The van der Waals surface area contributed by atoms with Gasteiger partial charge >= 0.3 is 0 Å². The van der Waals surface area contributed by atoms with Crippen LogP contribution in [0.3, 0.4) is 0 Å². The van der Waals surface area contributed by atoms with Crippen molar-refractivity contribution < 1.29 is 13.2 Å². The molecule has 0 saturated heterocycles. The smallest absolute Gasteiger partial charge is 0.229 e. The number of carbonyl (C=O) groups excluding carboxylic acids is 1. The molecule has 148 valence electrons. The van der Waals surface area contributed by atoms with Gasteiger partial charge in [0.2, 0.25) is 10.0 Å². The number of carbonyl (C=O) groups is 1. The number of hydrogen-bond acceptors (Lipinski definition) is 4. The lowest BCUT2D eigenvalue weighted by Crippen LogP contribution is -2.20. The second-order valence-corrected chi connectivity index (χ2v) is 9.85. The van der Waals surface area contributed by atoms with Gasteiger partial charge in [-0.1, -0.05) is 36.4 Å². The van der Waals surface area contributed by atoms with Crippen LogP contribution in [0.2, 0.25) is 0 Å². The first-order valence-electron chi connectivity index (χ1n) is 9.81. The molecular weight excluding hydrogens is 372 g/mol. The third-order valence-electron chi connectivity index (χ3n) is 5.42. The maximum absolute atomic E-state index is 12.6. The topological polar surface area (TPSA) is 75.3 Å². The molecule has 2 unspecified atom stereocenters. The van der Waals surface area contributed by atoms with Crippen molar-refractivity contribution >= 4 is 21.5 Å². The molecule has 4 rings (SSSR count). The van der Waals surface area contributed by atoms with Gasteiger partial charge in [0.25, 0.3) is 0 Å². The summed E-state index contributed by atoms with van der Waals surface area (Å²) in [6.45, 7) is 1.15. The van der Waals surface area contributed by atoms with E-state index in [1.807, 2.05) is 12.1 Å². The van der Waals surface area contributed by atoms with Crippen molar-refractivity contribution in [3.05, 3.63) is 65.2 Å². The van der Waals surface area contributed by atoms with Crippen molar-refractivity contribution in [2.75, 3.05) is 17.5 Å². The minimum atomic E-state index is -3.36. The zero-order chi connectivity index (χ0) is 19.7. The van der Waals surface area contributed by atoms with E-state index in [9.17, 15) is 13.2 Å². The molecule has 0 heterocycles. The fourth-order valence-electron chi connectivity index (χ4n) is 3.57. The Labute approximate surface area is 166 Å². The first kappa shape index (κ1) is 19.2. The molecule has 2 N–H and O–H groups in total. The van der Waals surface area contributed by atoms with Gasteiger partial charge in [0.15, 0.2) is 5.78 Å². The van der Waals surface area contributed by atoms with E-state index in [0.717, 1.165) is 24.3 Å². The summed E-state index contributed by atoms with van der Waals surface area (Å²) in [6.07, 6.45) is 5.34. The lowest BCUT2D eigenvalue weighted by Gasteiger charge is -2.07. The molecule has 2 aliphatic carbocycles. The van der Waals surface area contributed by atoms with Crippen molar-refractivity contribution in [3.63, 3.8) is 0 Å². The molecular formula is C22H26N2O3S. The summed E-state index contributed by atoms with van der Waals surface area (Å²) in [6, 6.07) is 15.5. The highest BCUT2D eigenvalue weighted by Gasteiger charge is 2.38. The van der Waals surface area contributed by atoms with Crippen LogP contribution in [0.15, 0.2) is 48.5 Å². The van der Waals surface area contributed by atoms with Crippen LogP contribution in [0.1, 0.15) is 46.7 Å². The molecule has 2 aliphatic rings. The highest BCUT2D eigenvalue weighted by Crippen LogP contribution is 2.41. The molecule has 0 amide bonds. The molecule has 0 aliphatic heterocycles. The molecule has 2 aromatic rings. The first-order chi connectivity index (χ1) is 13.4. The Bertz CT molecular complexity index is 966. The van der Waals surface area contributed by atoms with E-state index in [4.69, 9.17) is 0 Å². The van der Waals surface area contributed by atoms with Crippen molar-refractivity contribution in [1.29, 1.82) is 0 Å². The van der Waals surface area contributed by atoms with Gasteiger partial charge in [0.1, 0.15) is 0 Å². The number of hydrogen-bond donors (Lipinski definition) is 2. The van der Waals surface area contributed by atoms with Crippen LogP contribution < -0.4 is 10.0 Å². The highest BCUT2D eigenvalue weighted by atomic mass is 32.2. The molecule has 0 aromatic heterocycles. The molecule has 6 heteroatoms. The Kier molecular flexibility index (Phi) is 5.25. The van der Waals surface area contributed by atoms with Gasteiger partial charge in [-0.05, 0) is 55.0 Å². The maximum Gasteiger partial charge on any atom is 0.229 e. The van der Waals surface area contributed by atoms with Gasteiger partial charge in [-0.15, -0.1) is 0 Å². The molecule has 0 radical (unpaired) electrons. The summed E-state index contributed by atoms with van der Waals surface area (Å²) in [5, 5.41) is 3.65. The van der Waals surface area contributed by atoms with E-state index in [-0.39, 0.29) is 5.78 Å². The van der Waals surface area contributed by atoms with Crippen LogP contribution in [0.5, 0.6) is 0 Å². The van der Waals surface area contributed by atoms with Gasteiger partial charge < -0.3 is 5.32 Å². The molecule has 2 atom stereocenters. The summed E-state index contributed by atoms with van der Waals surface area (Å²) < 4.78 is 25.1. The van der Waals surface area contributed by atoms with Crippen LogP contribution >= 0.6 is 0 Å². The third-order valence-corrected chi connectivity index (χ3v) is 6.02. The second kappa shape index (κ2) is 7.68. The molecule has 28 heavy (non-hydrogen) atoms. The predicted octanol–water partition coefficient (Wildman–Crippen LogP) is 3.34.